The lowest BCUT2D eigenvalue weighted by Gasteiger charge is -2.09. The number of aryl methyl sites for hydroxylation is 1. The first kappa shape index (κ1) is 12.5. The minimum absolute atomic E-state index is 0.311. The van der Waals surface area contributed by atoms with E-state index in [2.05, 4.69) is 26.6 Å². The first-order valence-electron chi connectivity index (χ1n) is 6.08. The molecule has 0 saturated carbocycles. The molecule has 3 rings (SSSR count). The fraction of sp³-hybridized carbons (Fsp3) is 0.143. The molecule has 2 heterocycles. The summed E-state index contributed by atoms with van der Waals surface area (Å²) in [4.78, 5) is 5.37. The number of anilines is 1. The summed E-state index contributed by atoms with van der Waals surface area (Å²) in [6, 6.07) is 9.73. The molecule has 2 aromatic heterocycles. The Hall–Kier alpha value is -2.52. The fourth-order valence-electron chi connectivity index (χ4n) is 1.98. The van der Waals surface area contributed by atoms with E-state index in [0.717, 1.165) is 27.2 Å². The van der Waals surface area contributed by atoms with Crippen molar-refractivity contribution >= 4 is 27.9 Å². The smallest absolute Gasteiger partial charge is 0.186 e. The molecular formula is C14H11N5S. The number of fused-ring (bicyclic) bond motifs is 1. The third kappa shape index (κ3) is 2.19. The standard InChI is InChI=1S/C14H11N5S/c1-9-13(20-8-17-9)7-16-14-10-4-2-3-5-11(10)18-19-12(14)6-15/h2-5,8H,7H2,1H3,(H,16,18). The number of benzene rings is 1. The van der Waals surface area contributed by atoms with Crippen molar-refractivity contribution in [1.29, 1.82) is 5.26 Å². The predicted molar refractivity (Wildman–Crippen MR) is 78.4 cm³/mol. The number of nitriles is 1. The molecule has 0 bridgehead atoms. The summed E-state index contributed by atoms with van der Waals surface area (Å²) in [7, 11) is 0. The molecular weight excluding hydrogens is 270 g/mol. The maximum Gasteiger partial charge on any atom is 0.186 e. The summed E-state index contributed by atoms with van der Waals surface area (Å²) in [5.74, 6) is 0. The Labute approximate surface area is 119 Å². The SMILES string of the molecule is Cc1ncsc1CNc1c(C#N)nnc2ccccc12. The minimum atomic E-state index is 0.311. The van der Waals surface area contributed by atoms with Gasteiger partial charge in [0.05, 0.1) is 29.0 Å². The van der Waals surface area contributed by atoms with E-state index in [1.54, 1.807) is 11.3 Å². The second kappa shape index (κ2) is 5.23. The van der Waals surface area contributed by atoms with Crippen LogP contribution >= 0.6 is 11.3 Å². The highest BCUT2D eigenvalue weighted by Crippen LogP contribution is 2.25. The second-order valence-electron chi connectivity index (χ2n) is 4.27. The summed E-state index contributed by atoms with van der Waals surface area (Å²) in [6.07, 6.45) is 0. The van der Waals surface area contributed by atoms with Gasteiger partial charge in [-0.05, 0) is 13.0 Å². The van der Waals surface area contributed by atoms with Crippen molar-refractivity contribution in [3.8, 4) is 6.07 Å². The van der Waals surface area contributed by atoms with Crippen molar-refractivity contribution in [2.24, 2.45) is 0 Å². The molecule has 0 atom stereocenters. The van der Waals surface area contributed by atoms with Gasteiger partial charge in [-0.3, -0.25) is 0 Å². The highest BCUT2D eigenvalue weighted by Gasteiger charge is 2.10. The van der Waals surface area contributed by atoms with Crippen LogP contribution in [-0.4, -0.2) is 15.2 Å². The Morgan fingerprint density at radius 1 is 1.30 bits per heavy atom. The van der Waals surface area contributed by atoms with E-state index in [-0.39, 0.29) is 0 Å². The summed E-state index contributed by atoms with van der Waals surface area (Å²) in [5, 5.41) is 21.4. The van der Waals surface area contributed by atoms with Gasteiger partial charge < -0.3 is 5.32 Å². The number of nitrogens with one attached hydrogen (secondary N) is 1. The van der Waals surface area contributed by atoms with Gasteiger partial charge in [-0.25, -0.2) is 4.98 Å². The average molecular weight is 281 g/mol. The largest absolute Gasteiger partial charge is 0.377 e. The summed E-state index contributed by atoms with van der Waals surface area (Å²) < 4.78 is 0. The fourth-order valence-corrected chi connectivity index (χ4v) is 2.69. The van der Waals surface area contributed by atoms with Crippen LogP contribution in [0, 0.1) is 18.3 Å². The molecule has 0 aliphatic rings. The predicted octanol–water partition coefficient (Wildman–Crippen LogP) is 2.88. The number of rotatable bonds is 3. The molecule has 0 saturated heterocycles. The van der Waals surface area contributed by atoms with E-state index in [1.165, 1.54) is 0 Å². The van der Waals surface area contributed by atoms with Crippen molar-refractivity contribution < 1.29 is 0 Å². The van der Waals surface area contributed by atoms with Crippen LogP contribution in [0.3, 0.4) is 0 Å². The van der Waals surface area contributed by atoms with Crippen LogP contribution in [-0.2, 0) is 6.54 Å². The van der Waals surface area contributed by atoms with Gasteiger partial charge >= 0.3 is 0 Å². The Balaban J connectivity index is 2.01. The van der Waals surface area contributed by atoms with Crippen LogP contribution in [0.4, 0.5) is 5.69 Å². The van der Waals surface area contributed by atoms with Crippen LogP contribution in [0.2, 0.25) is 0 Å². The molecule has 98 valence electrons. The van der Waals surface area contributed by atoms with Gasteiger partial charge in [0.25, 0.3) is 0 Å². The third-order valence-corrected chi connectivity index (χ3v) is 3.98. The number of thiazole rings is 1. The van der Waals surface area contributed by atoms with Crippen LogP contribution < -0.4 is 5.32 Å². The van der Waals surface area contributed by atoms with E-state index < -0.39 is 0 Å². The quantitative estimate of drug-likeness (QED) is 0.799. The maximum atomic E-state index is 9.19. The van der Waals surface area contributed by atoms with Gasteiger partial charge in [-0.2, -0.15) is 5.26 Å². The molecule has 0 unspecified atom stereocenters. The number of nitrogens with zero attached hydrogens (tertiary/aromatic N) is 4. The van der Waals surface area contributed by atoms with Gasteiger partial charge in [0.2, 0.25) is 0 Å². The molecule has 5 nitrogen and oxygen atoms in total. The lowest BCUT2D eigenvalue weighted by Crippen LogP contribution is -2.04. The highest BCUT2D eigenvalue weighted by molar-refractivity contribution is 7.09. The number of hydrogen-bond acceptors (Lipinski definition) is 6. The summed E-state index contributed by atoms with van der Waals surface area (Å²) in [6.45, 7) is 2.60. The van der Waals surface area contributed by atoms with Gasteiger partial charge in [-0.15, -0.1) is 21.5 Å². The van der Waals surface area contributed by atoms with E-state index in [9.17, 15) is 5.26 Å². The van der Waals surface area contributed by atoms with Crippen molar-refractivity contribution in [2.75, 3.05) is 5.32 Å². The van der Waals surface area contributed by atoms with Gasteiger partial charge in [0, 0.05) is 10.3 Å². The lowest BCUT2D eigenvalue weighted by atomic mass is 10.1. The highest BCUT2D eigenvalue weighted by atomic mass is 32.1. The topological polar surface area (TPSA) is 74.5 Å². The van der Waals surface area contributed by atoms with E-state index >= 15 is 0 Å². The molecule has 1 aromatic carbocycles. The molecule has 1 N–H and O–H groups in total. The summed E-state index contributed by atoms with van der Waals surface area (Å²) in [5.41, 5.74) is 4.64. The van der Waals surface area contributed by atoms with Gasteiger partial charge in [-0.1, -0.05) is 18.2 Å². The Kier molecular flexibility index (Phi) is 3.27. The molecule has 0 amide bonds. The number of hydrogen-bond donors (Lipinski definition) is 1. The molecule has 6 heteroatoms. The Morgan fingerprint density at radius 3 is 2.90 bits per heavy atom. The molecule has 0 radical (unpaired) electrons. The first-order valence-corrected chi connectivity index (χ1v) is 6.96. The maximum absolute atomic E-state index is 9.19. The average Bonchev–Trinajstić information content (AvgIpc) is 2.90. The molecule has 20 heavy (non-hydrogen) atoms. The van der Waals surface area contributed by atoms with Crippen LogP contribution in [0.15, 0.2) is 29.8 Å². The zero-order valence-corrected chi connectivity index (χ0v) is 11.6. The molecule has 0 aliphatic carbocycles. The molecule has 0 fully saturated rings. The lowest BCUT2D eigenvalue weighted by molar-refractivity contribution is 1.04. The van der Waals surface area contributed by atoms with Crippen molar-refractivity contribution in [3.63, 3.8) is 0 Å². The van der Waals surface area contributed by atoms with Crippen molar-refractivity contribution in [1.82, 2.24) is 15.2 Å². The zero-order chi connectivity index (χ0) is 13.9. The van der Waals surface area contributed by atoms with Crippen LogP contribution in [0.1, 0.15) is 16.3 Å². The van der Waals surface area contributed by atoms with Gasteiger partial charge in [0.15, 0.2) is 5.69 Å². The third-order valence-electron chi connectivity index (χ3n) is 3.04. The second-order valence-corrected chi connectivity index (χ2v) is 5.21. The summed E-state index contributed by atoms with van der Waals surface area (Å²) >= 11 is 1.60. The van der Waals surface area contributed by atoms with Gasteiger partial charge in [0.1, 0.15) is 6.07 Å². The number of aromatic nitrogens is 3. The monoisotopic (exact) mass is 281 g/mol. The Morgan fingerprint density at radius 2 is 2.15 bits per heavy atom. The van der Waals surface area contributed by atoms with E-state index in [4.69, 9.17) is 0 Å². The van der Waals surface area contributed by atoms with Crippen molar-refractivity contribution in [2.45, 2.75) is 13.5 Å². The normalized spacial score (nSPS) is 10.4. The molecule has 0 spiro atoms. The van der Waals surface area contributed by atoms with Crippen molar-refractivity contribution in [3.05, 3.63) is 46.0 Å². The van der Waals surface area contributed by atoms with E-state index in [0.29, 0.717) is 12.2 Å². The molecule has 3 aromatic rings. The van der Waals surface area contributed by atoms with Crippen LogP contribution in [0.25, 0.3) is 10.9 Å². The van der Waals surface area contributed by atoms with E-state index in [1.807, 2.05) is 36.7 Å². The first-order chi connectivity index (χ1) is 9.79. The van der Waals surface area contributed by atoms with Crippen LogP contribution in [0.5, 0.6) is 0 Å². The molecule has 0 aliphatic heterocycles. The Bertz CT molecular complexity index is 803. The minimum Gasteiger partial charge on any atom is -0.377 e. The zero-order valence-electron chi connectivity index (χ0n) is 10.8.